The molecule has 1 amide bonds. The number of nitrogens with one attached hydrogen (secondary N) is 1. The molecule has 6 nitrogen and oxygen atoms in total. The van der Waals surface area contributed by atoms with Crippen LogP contribution in [0.1, 0.15) is 26.6 Å². The Morgan fingerprint density at radius 1 is 1.31 bits per heavy atom. The van der Waals surface area contributed by atoms with E-state index >= 15 is 0 Å². The summed E-state index contributed by atoms with van der Waals surface area (Å²) in [6, 6.07) is 7.95. The molecular formula is C19H16F3N3O3S. The number of amides is 1. The molecular weight excluding hydrogens is 407 g/mol. The van der Waals surface area contributed by atoms with Crippen molar-refractivity contribution in [3.8, 4) is 16.3 Å². The highest BCUT2D eigenvalue weighted by atomic mass is 32.1. The van der Waals surface area contributed by atoms with Crippen molar-refractivity contribution >= 4 is 17.2 Å². The summed E-state index contributed by atoms with van der Waals surface area (Å²) in [5.74, 6) is -0.475. The molecule has 1 aromatic carbocycles. The first kappa shape index (κ1) is 20.6. The number of alkyl halides is 3. The van der Waals surface area contributed by atoms with Gasteiger partial charge < -0.3 is 15.3 Å². The number of rotatable bonds is 5. The highest BCUT2D eigenvalue weighted by molar-refractivity contribution is 7.15. The van der Waals surface area contributed by atoms with Crippen molar-refractivity contribution in [1.82, 2.24) is 10.3 Å². The minimum Gasteiger partial charge on any atom is -0.618 e. The molecule has 1 N–H and O–H groups in total. The monoisotopic (exact) mass is 423 g/mol. The fraction of sp³-hybridized carbons (Fsp3) is 0.211. The van der Waals surface area contributed by atoms with Crippen molar-refractivity contribution in [3.63, 3.8) is 0 Å². The predicted molar refractivity (Wildman–Crippen MR) is 100 cm³/mol. The molecule has 0 aliphatic heterocycles. The normalized spacial score (nSPS) is 11.3. The Morgan fingerprint density at radius 3 is 2.72 bits per heavy atom. The fourth-order valence-electron chi connectivity index (χ4n) is 2.62. The van der Waals surface area contributed by atoms with Crippen molar-refractivity contribution in [2.45, 2.75) is 19.6 Å². The highest BCUT2D eigenvalue weighted by Crippen LogP contribution is 2.38. The van der Waals surface area contributed by atoms with Gasteiger partial charge in [-0.3, -0.25) is 4.79 Å². The SMILES string of the molecule is COc1cc(C(F)(F)F)ccc1-c1nc(C(=O)NCc2cccc[n+]2[O-])c(C)s1. The minimum atomic E-state index is -4.49. The molecule has 0 aliphatic carbocycles. The maximum Gasteiger partial charge on any atom is 0.416 e. The van der Waals surface area contributed by atoms with E-state index < -0.39 is 17.6 Å². The number of benzene rings is 1. The minimum absolute atomic E-state index is 0.0113. The lowest BCUT2D eigenvalue weighted by Gasteiger charge is -2.11. The van der Waals surface area contributed by atoms with E-state index in [1.807, 2.05) is 0 Å². The number of aryl methyl sites for hydroxylation is 1. The van der Waals surface area contributed by atoms with E-state index in [-0.39, 0.29) is 18.0 Å². The molecule has 29 heavy (non-hydrogen) atoms. The van der Waals surface area contributed by atoms with Gasteiger partial charge in [0.1, 0.15) is 23.0 Å². The molecule has 2 aromatic heterocycles. The summed E-state index contributed by atoms with van der Waals surface area (Å²) in [5, 5.41) is 14.6. The maximum atomic E-state index is 12.9. The fourth-order valence-corrected chi connectivity index (χ4v) is 3.56. The Labute approximate surface area is 168 Å². The molecule has 0 radical (unpaired) electrons. The number of carbonyl (C=O) groups excluding carboxylic acids is 1. The summed E-state index contributed by atoms with van der Waals surface area (Å²) in [4.78, 5) is 17.3. The van der Waals surface area contributed by atoms with Crippen LogP contribution >= 0.6 is 11.3 Å². The molecule has 3 rings (SSSR count). The predicted octanol–water partition coefficient (Wildman–Crippen LogP) is 3.71. The van der Waals surface area contributed by atoms with Crippen molar-refractivity contribution < 1.29 is 27.4 Å². The van der Waals surface area contributed by atoms with Gasteiger partial charge in [0.25, 0.3) is 5.91 Å². The van der Waals surface area contributed by atoms with Crippen LogP contribution in [0.15, 0.2) is 42.6 Å². The second-order valence-corrected chi connectivity index (χ2v) is 7.24. The average Bonchev–Trinajstić information content (AvgIpc) is 3.07. The van der Waals surface area contributed by atoms with Crippen LogP contribution in [0.4, 0.5) is 13.2 Å². The van der Waals surface area contributed by atoms with Gasteiger partial charge in [0.2, 0.25) is 5.69 Å². The molecule has 2 heterocycles. The zero-order valence-corrected chi connectivity index (χ0v) is 16.2. The van der Waals surface area contributed by atoms with Crippen molar-refractivity contribution in [2.24, 2.45) is 0 Å². The number of ether oxygens (including phenoxy) is 1. The van der Waals surface area contributed by atoms with Gasteiger partial charge in [0.05, 0.1) is 18.2 Å². The van der Waals surface area contributed by atoms with Crippen molar-refractivity contribution in [3.05, 3.63) is 69.6 Å². The van der Waals surface area contributed by atoms with Gasteiger partial charge in [0.15, 0.2) is 6.20 Å². The summed E-state index contributed by atoms with van der Waals surface area (Å²) in [5.41, 5.74) is 0.0185. The van der Waals surface area contributed by atoms with Crippen LogP contribution in [0.2, 0.25) is 0 Å². The van der Waals surface area contributed by atoms with Gasteiger partial charge in [0, 0.05) is 17.0 Å². The van der Waals surface area contributed by atoms with Gasteiger partial charge in [-0.25, -0.2) is 4.98 Å². The average molecular weight is 423 g/mol. The quantitative estimate of drug-likeness (QED) is 0.501. The van der Waals surface area contributed by atoms with E-state index in [0.717, 1.165) is 23.5 Å². The molecule has 0 atom stereocenters. The first-order valence-corrected chi connectivity index (χ1v) is 9.20. The number of halogens is 3. The molecule has 152 valence electrons. The van der Waals surface area contributed by atoms with E-state index in [2.05, 4.69) is 10.3 Å². The highest BCUT2D eigenvalue weighted by Gasteiger charge is 2.31. The molecule has 0 spiro atoms. The Kier molecular flexibility index (Phi) is 5.73. The summed E-state index contributed by atoms with van der Waals surface area (Å²) in [6.07, 6.45) is -3.17. The van der Waals surface area contributed by atoms with E-state index in [1.54, 1.807) is 25.1 Å². The zero-order chi connectivity index (χ0) is 21.2. The zero-order valence-electron chi connectivity index (χ0n) is 15.4. The molecule has 0 saturated carbocycles. The number of pyridine rings is 1. The lowest BCUT2D eigenvalue weighted by molar-refractivity contribution is -0.614. The van der Waals surface area contributed by atoms with Crippen LogP contribution in [-0.2, 0) is 12.7 Å². The summed E-state index contributed by atoms with van der Waals surface area (Å²) in [7, 11) is 1.27. The van der Waals surface area contributed by atoms with E-state index in [0.29, 0.717) is 25.9 Å². The van der Waals surface area contributed by atoms with Gasteiger partial charge >= 0.3 is 6.18 Å². The second-order valence-electron chi connectivity index (χ2n) is 6.04. The van der Waals surface area contributed by atoms with Crippen LogP contribution < -0.4 is 14.8 Å². The number of aromatic nitrogens is 2. The van der Waals surface area contributed by atoms with Gasteiger partial charge in [-0.2, -0.15) is 17.9 Å². The number of hydrogen-bond acceptors (Lipinski definition) is 5. The molecule has 0 fully saturated rings. The van der Waals surface area contributed by atoms with E-state index in [4.69, 9.17) is 4.74 Å². The van der Waals surface area contributed by atoms with Gasteiger partial charge in [-0.15, -0.1) is 11.3 Å². The van der Waals surface area contributed by atoms with Crippen LogP contribution in [0, 0.1) is 12.1 Å². The van der Waals surface area contributed by atoms with Crippen LogP contribution in [0.5, 0.6) is 5.75 Å². The number of carbonyl (C=O) groups is 1. The van der Waals surface area contributed by atoms with Crippen molar-refractivity contribution in [2.75, 3.05) is 7.11 Å². The number of nitrogens with zero attached hydrogens (tertiary/aromatic N) is 2. The molecule has 0 bridgehead atoms. The molecule has 10 heteroatoms. The molecule has 0 aliphatic rings. The van der Waals surface area contributed by atoms with Crippen LogP contribution in [0.3, 0.4) is 0 Å². The molecule has 0 saturated heterocycles. The first-order valence-electron chi connectivity index (χ1n) is 8.39. The Bertz CT molecular complexity index is 1050. The third kappa shape index (κ3) is 4.48. The van der Waals surface area contributed by atoms with E-state index in [1.165, 1.54) is 19.4 Å². The molecule has 0 unspecified atom stereocenters. The van der Waals surface area contributed by atoms with Crippen LogP contribution in [-0.4, -0.2) is 18.0 Å². The summed E-state index contributed by atoms with van der Waals surface area (Å²) >= 11 is 1.16. The number of methoxy groups -OCH3 is 1. The standard InChI is InChI=1S/C19H16F3N3O3S/c1-11-16(17(26)23-10-13-5-3-4-8-25(13)27)24-18(29-11)14-7-6-12(19(20,21)22)9-15(14)28-2/h3-9H,10H2,1-2H3,(H,23,26). The summed E-state index contributed by atoms with van der Waals surface area (Å²) in [6.45, 7) is 1.70. The Balaban J connectivity index is 1.85. The first-order chi connectivity index (χ1) is 13.7. The third-order valence-electron chi connectivity index (χ3n) is 4.11. The Morgan fingerprint density at radius 2 is 2.07 bits per heavy atom. The summed E-state index contributed by atoms with van der Waals surface area (Å²) < 4.78 is 44.5. The third-order valence-corrected chi connectivity index (χ3v) is 5.11. The lowest BCUT2D eigenvalue weighted by Crippen LogP contribution is -2.35. The lowest BCUT2D eigenvalue weighted by atomic mass is 10.1. The van der Waals surface area contributed by atoms with Crippen LogP contribution in [0.25, 0.3) is 10.6 Å². The topological polar surface area (TPSA) is 78.2 Å². The van der Waals surface area contributed by atoms with Gasteiger partial charge in [-0.1, -0.05) is 0 Å². The smallest absolute Gasteiger partial charge is 0.416 e. The number of thiazole rings is 1. The largest absolute Gasteiger partial charge is 0.618 e. The Hall–Kier alpha value is -3.14. The number of hydrogen-bond donors (Lipinski definition) is 1. The second kappa shape index (κ2) is 8.08. The molecule has 3 aromatic rings. The van der Waals surface area contributed by atoms with E-state index in [9.17, 15) is 23.2 Å². The van der Waals surface area contributed by atoms with Gasteiger partial charge in [-0.05, 0) is 31.2 Å². The maximum absolute atomic E-state index is 12.9. The van der Waals surface area contributed by atoms with Crippen molar-refractivity contribution in [1.29, 1.82) is 0 Å².